The van der Waals surface area contributed by atoms with Crippen molar-refractivity contribution >= 4 is 0 Å². The summed E-state index contributed by atoms with van der Waals surface area (Å²) in [5.74, 6) is 0.806. The third-order valence-corrected chi connectivity index (χ3v) is 3.20. The highest BCUT2D eigenvalue weighted by molar-refractivity contribution is 5.00. The molecule has 1 saturated heterocycles. The lowest BCUT2D eigenvalue weighted by molar-refractivity contribution is 0.343. The first-order valence-corrected chi connectivity index (χ1v) is 6.06. The molecule has 0 aromatic carbocycles. The van der Waals surface area contributed by atoms with Crippen LogP contribution in [0.5, 0.6) is 0 Å². The fourth-order valence-electron chi connectivity index (χ4n) is 2.07. The monoisotopic (exact) mass is 220 g/mol. The lowest BCUT2D eigenvalue weighted by atomic mass is 9.98. The van der Waals surface area contributed by atoms with Gasteiger partial charge in [0.2, 0.25) is 0 Å². The van der Waals surface area contributed by atoms with Crippen LogP contribution in [0.1, 0.15) is 31.5 Å². The second kappa shape index (κ2) is 5.92. The molecular formula is C12H20N4. The molecule has 4 heteroatoms. The van der Waals surface area contributed by atoms with Crippen LogP contribution in [-0.4, -0.2) is 29.6 Å². The summed E-state index contributed by atoms with van der Waals surface area (Å²) in [6, 6.07) is 0.295. The topological polar surface area (TPSA) is 49.8 Å². The fourth-order valence-corrected chi connectivity index (χ4v) is 2.07. The van der Waals surface area contributed by atoms with Gasteiger partial charge in [0, 0.05) is 24.6 Å². The van der Waals surface area contributed by atoms with Crippen LogP contribution in [0.2, 0.25) is 0 Å². The van der Waals surface area contributed by atoms with E-state index >= 15 is 0 Å². The van der Waals surface area contributed by atoms with E-state index in [4.69, 9.17) is 0 Å². The molecule has 1 fully saturated rings. The maximum absolute atomic E-state index is 4.31. The van der Waals surface area contributed by atoms with Gasteiger partial charge in [-0.3, -0.25) is 9.97 Å². The van der Waals surface area contributed by atoms with Gasteiger partial charge in [-0.15, -0.1) is 0 Å². The first-order chi connectivity index (χ1) is 7.86. The van der Waals surface area contributed by atoms with Crippen molar-refractivity contribution in [2.45, 2.75) is 25.8 Å². The molecule has 4 nitrogen and oxygen atoms in total. The van der Waals surface area contributed by atoms with Gasteiger partial charge >= 0.3 is 0 Å². The standard InChI is InChI=1S/C12H20N4/c1-10(12-9-14-6-7-15-12)16-8-11-2-4-13-5-3-11/h6-7,9-11,13,16H,2-5,8H2,1H3/t10-/m1/s1. The van der Waals surface area contributed by atoms with Crippen LogP contribution in [0.25, 0.3) is 0 Å². The number of piperidine rings is 1. The van der Waals surface area contributed by atoms with Crippen LogP contribution >= 0.6 is 0 Å². The molecule has 0 aliphatic carbocycles. The normalized spacial score (nSPS) is 19.6. The third kappa shape index (κ3) is 3.25. The average Bonchev–Trinajstić information content (AvgIpc) is 2.38. The molecular weight excluding hydrogens is 200 g/mol. The van der Waals surface area contributed by atoms with Gasteiger partial charge < -0.3 is 10.6 Å². The van der Waals surface area contributed by atoms with Gasteiger partial charge in [0.15, 0.2) is 0 Å². The summed E-state index contributed by atoms with van der Waals surface area (Å²) in [6.07, 6.45) is 7.85. The molecule has 0 saturated carbocycles. The minimum absolute atomic E-state index is 0.295. The number of hydrogen-bond acceptors (Lipinski definition) is 4. The van der Waals surface area contributed by atoms with E-state index in [-0.39, 0.29) is 0 Å². The van der Waals surface area contributed by atoms with Crippen molar-refractivity contribution in [2.24, 2.45) is 5.92 Å². The van der Waals surface area contributed by atoms with E-state index in [2.05, 4.69) is 27.5 Å². The quantitative estimate of drug-likeness (QED) is 0.798. The van der Waals surface area contributed by atoms with Crippen LogP contribution in [-0.2, 0) is 0 Å². The van der Waals surface area contributed by atoms with Crippen LogP contribution < -0.4 is 10.6 Å². The van der Waals surface area contributed by atoms with Crippen molar-refractivity contribution in [3.05, 3.63) is 24.3 Å². The molecule has 2 N–H and O–H groups in total. The minimum Gasteiger partial charge on any atom is -0.317 e. The van der Waals surface area contributed by atoms with Gasteiger partial charge in [-0.05, 0) is 45.3 Å². The van der Waals surface area contributed by atoms with Crippen molar-refractivity contribution in [2.75, 3.05) is 19.6 Å². The Hall–Kier alpha value is -1.00. The second-order valence-corrected chi connectivity index (χ2v) is 4.45. The molecule has 88 valence electrons. The Morgan fingerprint density at radius 3 is 2.94 bits per heavy atom. The zero-order valence-corrected chi connectivity index (χ0v) is 9.82. The summed E-state index contributed by atoms with van der Waals surface area (Å²) in [6.45, 7) is 5.54. The van der Waals surface area contributed by atoms with Gasteiger partial charge in [-0.25, -0.2) is 0 Å². The molecule has 0 unspecified atom stereocenters. The number of nitrogens with zero attached hydrogens (tertiary/aromatic N) is 2. The van der Waals surface area contributed by atoms with E-state index < -0.39 is 0 Å². The van der Waals surface area contributed by atoms with Crippen molar-refractivity contribution in [3.8, 4) is 0 Å². The molecule has 16 heavy (non-hydrogen) atoms. The molecule has 1 aromatic heterocycles. The van der Waals surface area contributed by atoms with Crippen molar-refractivity contribution < 1.29 is 0 Å². The summed E-state index contributed by atoms with van der Waals surface area (Å²) in [5, 5.41) is 6.92. The van der Waals surface area contributed by atoms with Crippen molar-refractivity contribution in [1.82, 2.24) is 20.6 Å². The van der Waals surface area contributed by atoms with Gasteiger partial charge in [0.05, 0.1) is 5.69 Å². The molecule has 1 aliphatic heterocycles. The van der Waals surface area contributed by atoms with Gasteiger partial charge in [0.25, 0.3) is 0 Å². The maximum atomic E-state index is 4.31. The maximum Gasteiger partial charge on any atom is 0.0753 e. The lowest BCUT2D eigenvalue weighted by Crippen LogP contribution is -2.34. The molecule has 0 radical (unpaired) electrons. The molecule has 0 spiro atoms. The summed E-state index contributed by atoms with van der Waals surface area (Å²) in [7, 11) is 0. The summed E-state index contributed by atoms with van der Waals surface area (Å²) in [4.78, 5) is 8.39. The Bertz CT molecular complexity index is 295. The Balaban J connectivity index is 1.77. The fraction of sp³-hybridized carbons (Fsp3) is 0.667. The van der Waals surface area contributed by atoms with E-state index in [1.807, 2.05) is 6.20 Å². The Morgan fingerprint density at radius 2 is 2.25 bits per heavy atom. The Labute approximate surface area is 96.9 Å². The molecule has 0 bridgehead atoms. The zero-order valence-electron chi connectivity index (χ0n) is 9.82. The largest absolute Gasteiger partial charge is 0.317 e. The molecule has 1 atom stereocenters. The molecule has 2 heterocycles. The summed E-state index contributed by atoms with van der Waals surface area (Å²) >= 11 is 0. The highest BCUT2D eigenvalue weighted by Gasteiger charge is 2.14. The number of hydrogen-bond donors (Lipinski definition) is 2. The van der Waals surface area contributed by atoms with Crippen LogP contribution in [0.3, 0.4) is 0 Å². The summed E-state index contributed by atoms with van der Waals surface area (Å²) in [5.41, 5.74) is 1.02. The van der Waals surface area contributed by atoms with Crippen molar-refractivity contribution in [1.29, 1.82) is 0 Å². The van der Waals surface area contributed by atoms with Crippen LogP contribution in [0.4, 0.5) is 0 Å². The third-order valence-electron chi connectivity index (χ3n) is 3.20. The highest BCUT2D eigenvalue weighted by Crippen LogP contribution is 2.13. The second-order valence-electron chi connectivity index (χ2n) is 4.45. The van der Waals surface area contributed by atoms with E-state index in [1.54, 1.807) is 12.4 Å². The van der Waals surface area contributed by atoms with Crippen LogP contribution in [0, 0.1) is 5.92 Å². The van der Waals surface area contributed by atoms with Gasteiger partial charge in [-0.1, -0.05) is 0 Å². The predicted molar refractivity (Wildman–Crippen MR) is 64.0 cm³/mol. The predicted octanol–water partition coefficient (Wildman–Crippen LogP) is 1.13. The average molecular weight is 220 g/mol. The zero-order chi connectivity index (χ0) is 11.2. The van der Waals surface area contributed by atoms with Crippen LogP contribution in [0.15, 0.2) is 18.6 Å². The first kappa shape index (κ1) is 11.5. The lowest BCUT2D eigenvalue weighted by Gasteiger charge is -2.24. The van der Waals surface area contributed by atoms with E-state index in [1.165, 1.54) is 12.8 Å². The SMILES string of the molecule is C[C@@H](NCC1CCNCC1)c1cnccn1. The molecule has 1 aliphatic rings. The van der Waals surface area contributed by atoms with Gasteiger partial charge in [-0.2, -0.15) is 0 Å². The molecule has 0 amide bonds. The van der Waals surface area contributed by atoms with E-state index in [9.17, 15) is 0 Å². The molecule has 2 rings (SSSR count). The summed E-state index contributed by atoms with van der Waals surface area (Å²) < 4.78 is 0. The van der Waals surface area contributed by atoms with Gasteiger partial charge in [0.1, 0.15) is 0 Å². The Kier molecular flexibility index (Phi) is 4.25. The number of rotatable bonds is 4. The highest BCUT2D eigenvalue weighted by atomic mass is 15.0. The smallest absolute Gasteiger partial charge is 0.0753 e. The van der Waals surface area contributed by atoms with E-state index in [0.29, 0.717) is 6.04 Å². The number of aromatic nitrogens is 2. The first-order valence-electron chi connectivity index (χ1n) is 6.06. The Morgan fingerprint density at radius 1 is 1.44 bits per heavy atom. The number of nitrogens with one attached hydrogen (secondary N) is 2. The molecule has 1 aromatic rings. The van der Waals surface area contributed by atoms with E-state index in [0.717, 1.165) is 31.2 Å². The van der Waals surface area contributed by atoms with Crippen molar-refractivity contribution in [3.63, 3.8) is 0 Å². The minimum atomic E-state index is 0.295.